The molecule has 0 bridgehead atoms. The van der Waals surface area contributed by atoms with Crippen molar-refractivity contribution >= 4 is 24.4 Å². The Morgan fingerprint density at radius 3 is 1.91 bits per heavy atom. The minimum absolute atomic E-state index is 0.367. The van der Waals surface area contributed by atoms with E-state index in [2.05, 4.69) is 12.6 Å². The summed E-state index contributed by atoms with van der Waals surface area (Å²) in [5.41, 5.74) is 0. The first-order valence-corrected chi connectivity index (χ1v) is 3.71. The van der Waals surface area contributed by atoms with Crippen LogP contribution in [-0.4, -0.2) is 21.6 Å². The Hall–Kier alpha value is -0.510. The van der Waals surface area contributed by atoms with E-state index in [1.165, 1.54) is 6.92 Å². The smallest absolute Gasteiger partial charge is 0.313 e. The van der Waals surface area contributed by atoms with E-state index >= 15 is 0 Å². The summed E-state index contributed by atoms with van der Waals surface area (Å²) in [7, 11) is 0. The van der Waals surface area contributed by atoms with Crippen LogP contribution in [-0.2, 0) is 9.59 Å². The van der Waals surface area contributed by atoms with Gasteiger partial charge in [-0.15, -0.1) is 0 Å². The zero-order valence-electron chi connectivity index (χ0n) is 6.79. The molecule has 1 unspecified atom stereocenters. The summed E-state index contributed by atoms with van der Waals surface area (Å²) in [4.78, 5) is 21.5. The van der Waals surface area contributed by atoms with Crippen LogP contribution in [0.25, 0.3) is 0 Å². The lowest BCUT2D eigenvalue weighted by molar-refractivity contribution is -0.146. The first kappa shape index (κ1) is 10.5. The second-order valence-corrected chi connectivity index (χ2v) is 4.10. The number of Topliss-reactive ketones (excluding diaryl/α,β-unsaturated/α-hetero) is 1. The maximum absolute atomic E-state index is 11.1. The molecule has 0 spiro atoms. The van der Waals surface area contributed by atoms with Crippen molar-refractivity contribution in [3.05, 3.63) is 0 Å². The first-order valence-electron chi connectivity index (χ1n) is 3.26. The third kappa shape index (κ3) is 2.93. The Bertz CT molecular complexity index is 181. The molecule has 0 heterocycles. The Morgan fingerprint density at radius 1 is 1.45 bits per heavy atom. The van der Waals surface area contributed by atoms with Crippen LogP contribution >= 0.6 is 12.6 Å². The Kier molecular flexibility index (Phi) is 3.11. The van der Waals surface area contributed by atoms with E-state index in [1.54, 1.807) is 13.8 Å². The van der Waals surface area contributed by atoms with Crippen LogP contribution in [0.4, 0.5) is 0 Å². The zero-order valence-corrected chi connectivity index (χ0v) is 7.68. The average Bonchev–Trinajstić information content (AvgIpc) is 1.82. The number of ketones is 1. The predicted octanol–water partition coefficient (Wildman–Crippen LogP) is 0.985. The van der Waals surface area contributed by atoms with E-state index in [4.69, 9.17) is 5.11 Å². The van der Waals surface area contributed by atoms with Crippen molar-refractivity contribution in [2.24, 2.45) is 5.92 Å². The molecule has 1 atom stereocenters. The highest BCUT2D eigenvalue weighted by Gasteiger charge is 2.31. The SMILES string of the molecule is CC(C(=O)O)C(=O)C(C)(C)S. The van der Waals surface area contributed by atoms with Gasteiger partial charge in [-0.25, -0.2) is 0 Å². The van der Waals surface area contributed by atoms with E-state index in [9.17, 15) is 9.59 Å². The molecule has 0 aromatic carbocycles. The fourth-order valence-electron chi connectivity index (χ4n) is 0.642. The second-order valence-electron chi connectivity index (χ2n) is 2.98. The molecule has 0 aliphatic rings. The van der Waals surface area contributed by atoms with E-state index in [0.717, 1.165) is 0 Å². The van der Waals surface area contributed by atoms with Gasteiger partial charge in [0.2, 0.25) is 0 Å². The normalized spacial score (nSPS) is 14.2. The maximum Gasteiger partial charge on any atom is 0.313 e. The average molecular weight is 176 g/mol. The number of rotatable bonds is 3. The third-order valence-electron chi connectivity index (χ3n) is 1.37. The van der Waals surface area contributed by atoms with Gasteiger partial charge in [-0.1, -0.05) is 0 Å². The van der Waals surface area contributed by atoms with Gasteiger partial charge >= 0.3 is 5.97 Å². The molecular formula is C7H12O3S. The fourth-order valence-corrected chi connectivity index (χ4v) is 0.836. The van der Waals surface area contributed by atoms with Crippen molar-refractivity contribution in [2.45, 2.75) is 25.5 Å². The number of carbonyl (C=O) groups excluding carboxylic acids is 1. The molecule has 0 aliphatic heterocycles. The van der Waals surface area contributed by atoms with Crippen LogP contribution in [0, 0.1) is 5.92 Å². The van der Waals surface area contributed by atoms with Crippen molar-refractivity contribution in [2.75, 3.05) is 0 Å². The zero-order chi connectivity index (χ0) is 9.23. The van der Waals surface area contributed by atoms with Gasteiger partial charge in [0.15, 0.2) is 5.78 Å². The van der Waals surface area contributed by atoms with Gasteiger partial charge in [-0.3, -0.25) is 9.59 Å². The highest BCUT2D eigenvalue weighted by atomic mass is 32.1. The Morgan fingerprint density at radius 2 is 1.82 bits per heavy atom. The van der Waals surface area contributed by atoms with Crippen molar-refractivity contribution in [3.8, 4) is 0 Å². The predicted molar refractivity (Wildman–Crippen MR) is 44.9 cm³/mol. The van der Waals surface area contributed by atoms with Gasteiger partial charge in [0.1, 0.15) is 5.92 Å². The van der Waals surface area contributed by atoms with Crippen LogP contribution in [0.1, 0.15) is 20.8 Å². The van der Waals surface area contributed by atoms with E-state index in [0.29, 0.717) is 0 Å². The summed E-state index contributed by atoms with van der Waals surface area (Å²) in [6.45, 7) is 4.53. The van der Waals surface area contributed by atoms with Crippen LogP contribution in [0.15, 0.2) is 0 Å². The summed E-state index contributed by atoms with van der Waals surface area (Å²) >= 11 is 3.97. The van der Waals surface area contributed by atoms with E-state index in [1.807, 2.05) is 0 Å². The lowest BCUT2D eigenvalue weighted by atomic mass is 9.96. The van der Waals surface area contributed by atoms with Gasteiger partial charge in [-0.05, 0) is 20.8 Å². The molecule has 0 aromatic heterocycles. The first-order chi connectivity index (χ1) is 4.76. The fraction of sp³-hybridized carbons (Fsp3) is 0.714. The van der Waals surface area contributed by atoms with Gasteiger partial charge in [0.25, 0.3) is 0 Å². The summed E-state index contributed by atoms with van der Waals surface area (Å²) in [6, 6.07) is 0. The van der Waals surface area contributed by atoms with Crippen molar-refractivity contribution in [1.29, 1.82) is 0 Å². The van der Waals surface area contributed by atoms with Crippen molar-refractivity contribution < 1.29 is 14.7 Å². The summed E-state index contributed by atoms with van der Waals surface area (Å²) < 4.78 is -0.863. The standard InChI is InChI=1S/C7H12O3S/c1-4(6(9)10)5(8)7(2,3)11/h4,11H,1-3H3,(H,9,10). The van der Waals surface area contributed by atoms with Crippen LogP contribution in [0.2, 0.25) is 0 Å². The molecule has 0 saturated carbocycles. The molecule has 0 aliphatic carbocycles. The number of hydrogen-bond donors (Lipinski definition) is 2. The molecule has 4 heteroatoms. The number of hydrogen-bond acceptors (Lipinski definition) is 3. The van der Waals surface area contributed by atoms with Crippen molar-refractivity contribution in [3.63, 3.8) is 0 Å². The van der Waals surface area contributed by atoms with E-state index in [-0.39, 0.29) is 5.78 Å². The molecule has 0 radical (unpaired) electrons. The summed E-state index contributed by atoms with van der Waals surface area (Å²) in [5.74, 6) is -2.44. The minimum Gasteiger partial charge on any atom is -0.481 e. The van der Waals surface area contributed by atoms with Crippen molar-refractivity contribution in [1.82, 2.24) is 0 Å². The molecule has 64 valence electrons. The number of carboxylic acids is 1. The van der Waals surface area contributed by atoms with Gasteiger partial charge in [0.05, 0.1) is 4.75 Å². The van der Waals surface area contributed by atoms with Crippen LogP contribution in [0.5, 0.6) is 0 Å². The summed E-state index contributed by atoms with van der Waals surface area (Å²) in [6.07, 6.45) is 0. The Labute approximate surface area is 71.2 Å². The highest BCUT2D eigenvalue weighted by molar-refractivity contribution is 7.82. The molecule has 0 amide bonds. The third-order valence-corrected chi connectivity index (χ3v) is 1.59. The topological polar surface area (TPSA) is 54.4 Å². The maximum atomic E-state index is 11.1. The molecule has 3 nitrogen and oxygen atoms in total. The largest absolute Gasteiger partial charge is 0.481 e. The summed E-state index contributed by atoms with van der Waals surface area (Å²) in [5, 5.41) is 8.46. The molecule has 0 aromatic rings. The lowest BCUT2D eigenvalue weighted by Crippen LogP contribution is -2.34. The Balaban J connectivity index is 4.39. The van der Waals surface area contributed by atoms with Crippen LogP contribution < -0.4 is 0 Å². The molecule has 0 saturated heterocycles. The number of carboxylic acid groups (broad SMARTS) is 1. The number of carbonyl (C=O) groups is 2. The molecular weight excluding hydrogens is 164 g/mol. The monoisotopic (exact) mass is 176 g/mol. The number of aliphatic carboxylic acids is 1. The quantitative estimate of drug-likeness (QED) is 0.498. The van der Waals surface area contributed by atoms with Gasteiger partial charge in [0, 0.05) is 0 Å². The molecule has 11 heavy (non-hydrogen) atoms. The number of thiol groups is 1. The van der Waals surface area contributed by atoms with Crippen LogP contribution in [0.3, 0.4) is 0 Å². The minimum atomic E-state index is -1.10. The van der Waals surface area contributed by atoms with Gasteiger partial charge in [-0.2, -0.15) is 12.6 Å². The van der Waals surface area contributed by atoms with E-state index < -0.39 is 16.6 Å². The molecule has 1 N–H and O–H groups in total. The van der Waals surface area contributed by atoms with Gasteiger partial charge < -0.3 is 5.11 Å². The molecule has 0 fully saturated rings. The highest BCUT2D eigenvalue weighted by Crippen LogP contribution is 2.18. The molecule has 0 rings (SSSR count). The second kappa shape index (κ2) is 3.26. The lowest BCUT2D eigenvalue weighted by Gasteiger charge is -2.17.